The van der Waals surface area contributed by atoms with Crippen LogP contribution in [0.3, 0.4) is 0 Å². The van der Waals surface area contributed by atoms with Crippen LogP contribution >= 0.6 is 0 Å². The first-order chi connectivity index (χ1) is 8.96. The molecule has 5 heteroatoms. The summed E-state index contributed by atoms with van der Waals surface area (Å²) in [7, 11) is 12.5. The molecule has 0 heterocycles. The third-order valence-electron chi connectivity index (χ3n) is 3.12. The van der Waals surface area contributed by atoms with Gasteiger partial charge in [-0.3, -0.25) is 0 Å². The van der Waals surface area contributed by atoms with E-state index in [9.17, 15) is 0 Å². The van der Waals surface area contributed by atoms with Gasteiger partial charge < -0.3 is 19.1 Å². The topological polar surface area (TPSA) is 19.0 Å². The van der Waals surface area contributed by atoms with E-state index < -0.39 is 9.76 Å². The molecule has 0 fully saturated rings. The lowest BCUT2D eigenvalue weighted by Crippen LogP contribution is -2.48. The maximum absolute atomic E-state index is 6.11. The first-order valence-corrected chi connectivity index (χ1v) is 9.12. The quantitative estimate of drug-likeness (QED) is 0.591. The van der Waals surface area contributed by atoms with Gasteiger partial charge in [-0.05, 0) is 69.1 Å². The average Bonchev–Trinajstić information content (AvgIpc) is 2.10. The van der Waals surface area contributed by atoms with Crippen LogP contribution in [0.5, 0.6) is 0 Å². The van der Waals surface area contributed by atoms with Crippen LogP contribution in [0.15, 0.2) is 0 Å². The van der Waals surface area contributed by atoms with E-state index in [0.717, 1.165) is 19.6 Å². The van der Waals surface area contributed by atoms with Crippen LogP contribution in [0.2, 0.25) is 6.04 Å². The van der Waals surface area contributed by atoms with Gasteiger partial charge in [0.15, 0.2) is 9.76 Å². The highest BCUT2D eigenvalue weighted by molar-refractivity contribution is 6.27. The molecule has 0 unspecified atom stereocenters. The summed E-state index contributed by atoms with van der Waals surface area (Å²) in [5, 5.41) is 0. The number of nitrogens with zero attached hydrogens (tertiary/aromatic N) is 3. The first kappa shape index (κ1) is 20.1. The molecule has 0 amide bonds. The number of hydrogen-bond acceptors (Lipinski definition) is 4. The minimum absolute atomic E-state index is 0.00626. The molecule has 0 saturated heterocycles. The van der Waals surface area contributed by atoms with Gasteiger partial charge in [0, 0.05) is 30.7 Å². The zero-order valence-corrected chi connectivity index (χ0v) is 16.7. The van der Waals surface area contributed by atoms with E-state index in [1.807, 2.05) is 0 Å². The molecule has 0 aliphatic heterocycles. The average molecular weight is 304 g/mol. The van der Waals surface area contributed by atoms with Gasteiger partial charge in [0.25, 0.3) is 0 Å². The Hall–Kier alpha value is 0.0569. The van der Waals surface area contributed by atoms with Crippen LogP contribution in [0, 0.1) is 5.41 Å². The van der Waals surface area contributed by atoms with Crippen molar-refractivity contribution in [1.29, 1.82) is 0 Å². The molecule has 0 aliphatic rings. The Morgan fingerprint density at radius 2 is 1.10 bits per heavy atom. The van der Waals surface area contributed by atoms with Gasteiger partial charge in [0.05, 0.1) is 0 Å². The van der Waals surface area contributed by atoms with E-state index in [-0.39, 0.29) is 5.60 Å². The molecule has 0 rings (SSSR count). The summed E-state index contributed by atoms with van der Waals surface area (Å²) >= 11 is 0. The van der Waals surface area contributed by atoms with Gasteiger partial charge in [0.1, 0.15) is 0 Å². The van der Waals surface area contributed by atoms with Gasteiger partial charge in [-0.1, -0.05) is 0 Å². The fourth-order valence-electron chi connectivity index (χ4n) is 2.97. The van der Waals surface area contributed by atoms with Crippen LogP contribution in [0.25, 0.3) is 0 Å². The van der Waals surface area contributed by atoms with Crippen LogP contribution < -0.4 is 0 Å². The monoisotopic (exact) mass is 303 g/mol. The summed E-state index contributed by atoms with van der Waals surface area (Å²) in [6.07, 6.45) is 0. The van der Waals surface area contributed by atoms with Crippen molar-refractivity contribution in [2.24, 2.45) is 5.41 Å². The highest BCUT2D eigenvalue weighted by Crippen LogP contribution is 2.26. The highest BCUT2D eigenvalue weighted by Gasteiger charge is 2.32. The summed E-state index contributed by atoms with van der Waals surface area (Å²) in [5.74, 6) is 0. The fourth-order valence-corrected chi connectivity index (χ4v) is 4.60. The third kappa shape index (κ3) is 9.88. The second-order valence-corrected chi connectivity index (χ2v) is 9.12. The Kier molecular flexibility index (Phi) is 8.51. The zero-order chi connectivity index (χ0) is 16.0. The van der Waals surface area contributed by atoms with Crippen molar-refractivity contribution >= 4 is 9.76 Å². The van der Waals surface area contributed by atoms with E-state index in [4.69, 9.17) is 4.43 Å². The molecule has 0 N–H and O–H groups in total. The molecule has 0 aromatic carbocycles. The van der Waals surface area contributed by atoms with Crippen molar-refractivity contribution in [2.75, 3.05) is 61.9 Å². The zero-order valence-electron chi connectivity index (χ0n) is 15.3. The Balaban J connectivity index is 4.86. The lowest BCUT2D eigenvalue weighted by atomic mass is 9.88. The largest absolute Gasteiger partial charge is 0.419 e. The van der Waals surface area contributed by atoms with Gasteiger partial charge >= 0.3 is 0 Å². The van der Waals surface area contributed by atoms with E-state index in [1.165, 1.54) is 6.04 Å². The Bertz CT molecular complexity index is 236. The minimum atomic E-state index is -0.506. The lowest BCUT2D eigenvalue weighted by molar-refractivity contribution is 0.104. The lowest BCUT2D eigenvalue weighted by Gasteiger charge is -2.40. The minimum Gasteiger partial charge on any atom is -0.419 e. The molecule has 0 saturated carbocycles. The standard InChI is InChI=1S/C15H37N3OSi/c1-14(2,3)19-20-13-15(10-16(4)5,11-17(6)7)12-18(8)9/h10-13,20H2,1-9H3. The van der Waals surface area contributed by atoms with E-state index in [2.05, 4.69) is 77.8 Å². The molecule has 4 nitrogen and oxygen atoms in total. The van der Waals surface area contributed by atoms with Crippen molar-refractivity contribution in [3.05, 3.63) is 0 Å². The summed E-state index contributed by atoms with van der Waals surface area (Å²) in [6, 6.07) is 1.22. The molecule has 20 heavy (non-hydrogen) atoms. The van der Waals surface area contributed by atoms with Crippen molar-refractivity contribution in [2.45, 2.75) is 32.4 Å². The molecular weight excluding hydrogens is 266 g/mol. The molecule has 0 spiro atoms. The van der Waals surface area contributed by atoms with Crippen LogP contribution in [0.4, 0.5) is 0 Å². The molecule has 122 valence electrons. The third-order valence-corrected chi connectivity index (χ3v) is 5.46. The van der Waals surface area contributed by atoms with E-state index >= 15 is 0 Å². The molecular formula is C15H37N3OSi. The van der Waals surface area contributed by atoms with Gasteiger partial charge in [-0.2, -0.15) is 0 Å². The molecule has 0 aliphatic carbocycles. The molecule has 0 bridgehead atoms. The SMILES string of the molecule is CN(C)CC(C[SiH2]OC(C)(C)C)(CN(C)C)CN(C)C. The highest BCUT2D eigenvalue weighted by atomic mass is 28.2. The Labute approximate surface area is 129 Å². The van der Waals surface area contributed by atoms with E-state index in [1.54, 1.807) is 0 Å². The molecule has 0 aromatic rings. The second kappa shape index (κ2) is 8.49. The van der Waals surface area contributed by atoms with Crippen molar-refractivity contribution in [3.8, 4) is 0 Å². The number of rotatable bonds is 9. The number of hydrogen-bond donors (Lipinski definition) is 0. The fraction of sp³-hybridized carbons (Fsp3) is 1.00. The predicted octanol–water partition coefficient (Wildman–Crippen LogP) is 0.975. The summed E-state index contributed by atoms with van der Waals surface area (Å²) in [6.45, 7) is 9.82. The summed E-state index contributed by atoms with van der Waals surface area (Å²) < 4.78 is 6.11. The summed E-state index contributed by atoms with van der Waals surface area (Å²) in [4.78, 5) is 6.95. The maximum atomic E-state index is 6.11. The molecule has 0 atom stereocenters. The second-order valence-electron chi connectivity index (χ2n) is 7.92. The molecule has 0 radical (unpaired) electrons. The van der Waals surface area contributed by atoms with Crippen LogP contribution in [-0.2, 0) is 4.43 Å². The van der Waals surface area contributed by atoms with Crippen LogP contribution in [-0.4, -0.2) is 92.0 Å². The molecule has 0 aromatic heterocycles. The van der Waals surface area contributed by atoms with Crippen LogP contribution in [0.1, 0.15) is 20.8 Å². The Morgan fingerprint density at radius 1 is 0.750 bits per heavy atom. The van der Waals surface area contributed by atoms with Crippen molar-refractivity contribution in [1.82, 2.24) is 14.7 Å². The van der Waals surface area contributed by atoms with Gasteiger partial charge in [-0.25, -0.2) is 0 Å². The summed E-state index contributed by atoms with van der Waals surface area (Å²) in [5.41, 5.74) is 0.306. The smallest absolute Gasteiger partial charge is 0.162 e. The van der Waals surface area contributed by atoms with Gasteiger partial charge in [0.2, 0.25) is 0 Å². The van der Waals surface area contributed by atoms with E-state index in [0.29, 0.717) is 5.41 Å². The maximum Gasteiger partial charge on any atom is 0.162 e. The Morgan fingerprint density at radius 3 is 1.35 bits per heavy atom. The predicted molar refractivity (Wildman–Crippen MR) is 92.3 cm³/mol. The van der Waals surface area contributed by atoms with Crippen molar-refractivity contribution < 1.29 is 4.43 Å². The van der Waals surface area contributed by atoms with Gasteiger partial charge in [-0.15, -0.1) is 0 Å². The normalized spacial score (nSPS) is 14.4. The first-order valence-electron chi connectivity index (χ1n) is 7.54. The van der Waals surface area contributed by atoms with Crippen molar-refractivity contribution in [3.63, 3.8) is 0 Å².